The summed E-state index contributed by atoms with van der Waals surface area (Å²) in [6.07, 6.45) is 0. The van der Waals surface area contributed by atoms with Crippen molar-refractivity contribution >= 4 is 11.6 Å². The van der Waals surface area contributed by atoms with Gasteiger partial charge in [0.2, 0.25) is 0 Å². The molecule has 1 atom stereocenters. The second-order valence-corrected chi connectivity index (χ2v) is 3.00. The lowest BCUT2D eigenvalue weighted by Gasteiger charge is -2.09. The van der Waals surface area contributed by atoms with Crippen LogP contribution < -0.4 is 5.32 Å². The molecule has 0 unspecified atom stereocenters. The van der Waals surface area contributed by atoms with Crippen LogP contribution in [0.15, 0.2) is 24.3 Å². The maximum absolute atomic E-state index is 5.74. The van der Waals surface area contributed by atoms with E-state index in [1.54, 1.807) is 0 Å². The van der Waals surface area contributed by atoms with Crippen molar-refractivity contribution in [3.05, 3.63) is 34.9 Å². The predicted molar refractivity (Wildman–Crippen MR) is 48.9 cm³/mol. The molecule has 0 aliphatic rings. The Morgan fingerprint density at radius 2 is 1.82 bits per heavy atom. The average Bonchev–Trinajstić information content (AvgIpc) is 2.05. The summed E-state index contributed by atoms with van der Waals surface area (Å²) in [5.41, 5.74) is 1.26. The molecule has 0 heterocycles. The molecule has 1 N–H and O–H groups in total. The Hall–Kier alpha value is -0.530. The van der Waals surface area contributed by atoms with Crippen LogP contribution >= 0.6 is 11.6 Å². The number of nitrogens with one attached hydrogen (secondary N) is 1. The van der Waals surface area contributed by atoms with Crippen LogP contribution in [0.1, 0.15) is 18.5 Å². The lowest BCUT2D eigenvalue weighted by Crippen LogP contribution is -2.11. The van der Waals surface area contributed by atoms with E-state index in [9.17, 15) is 0 Å². The quantitative estimate of drug-likeness (QED) is 0.718. The van der Waals surface area contributed by atoms with Gasteiger partial charge in [0.1, 0.15) is 0 Å². The summed E-state index contributed by atoms with van der Waals surface area (Å²) in [7, 11) is 1.94. The molecule has 11 heavy (non-hydrogen) atoms. The van der Waals surface area contributed by atoms with Crippen LogP contribution in [-0.4, -0.2) is 7.05 Å². The third-order valence-electron chi connectivity index (χ3n) is 1.80. The first-order chi connectivity index (χ1) is 5.24. The third kappa shape index (κ3) is 2.21. The van der Waals surface area contributed by atoms with Crippen LogP contribution in [0.2, 0.25) is 5.02 Å². The molecular weight excluding hydrogens is 158 g/mol. The Kier molecular flexibility index (Phi) is 2.92. The van der Waals surface area contributed by atoms with E-state index in [4.69, 9.17) is 11.6 Å². The lowest BCUT2D eigenvalue weighted by atomic mass is 10.1. The molecule has 0 radical (unpaired) electrons. The molecule has 0 aliphatic carbocycles. The SMILES string of the molecule is CN[C@@H](C)c1ccc(Cl)cc1. The van der Waals surface area contributed by atoms with Gasteiger partial charge in [-0.2, -0.15) is 0 Å². The smallest absolute Gasteiger partial charge is 0.0406 e. The minimum absolute atomic E-state index is 0.396. The van der Waals surface area contributed by atoms with Crippen molar-refractivity contribution in [2.75, 3.05) is 7.05 Å². The van der Waals surface area contributed by atoms with Crippen LogP contribution in [0.4, 0.5) is 0 Å². The molecule has 0 saturated heterocycles. The summed E-state index contributed by atoms with van der Waals surface area (Å²) in [5.74, 6) is 0. The molecule has 0 saturated carbocycles. The topological polar surface area (TPSA) is 12.0 Å². The third-order valence-corrected chi connectivity index (χ3v) is 2.05. The first-order valence-electron chi connectivity index (χ1n) is 3.67. The molecule has 0 amide bonds. The maximum Gasteiger partial charge on any atom is 0.0406 e. The largest absolute Gasteiger partial charge is 0.313 e. The maximum atomic E-state index is 5.74. The van der Waals surface area contributed by atoms with Crippen molar-refractivity contribution in [3.8, 4) is 0 Å². The highest BCUT2D eigenvalue weighted by Gasteiger charge is 1.99. The van der Waals surface area contributed by atoms with Crippen molar-refractivity contribution in [3.63, 3.8) is 0 Å². The van der Waals surface area contributed by atoms with E-state index in [2.05, 4.69) is 12.2 Å². The number of rotatable bonds is 2. The minimum atomic E-state index is 0.396. The highest BCUT2D eigenvalue weighted by Crippen LogP contribution is 2.14. The zero-order valence-electron chi connectivity index (χ0n) is 6.76. The number of hydrogen-bond donors (Lipinski definition) is 1. The second-order valence-electron chi connectivity index (χ2n) is 2.56. The van der Waals surface area contributed by atoms with Crippen molar-refractivity contribution < 1.29 is 0 Å². The van der Waals surface area contributed by atoms with Gasteiger partial charge in [-0.05, 0) is 31.7 Å². The summed E-state index contributed by atoms with van der Waals surface area (Å²) in [6.45, 7) is 2.11. The van der Waals surface area contributed by atoms with Gasteiger partial charge in [0.05, 0.1) is 0 Å². The Balaban J connectivity index is 2.81. The molecule has 0 aliphatic heterocycles. The van der Waals surface area contributed by atoms with Crippen LogP contribution in [0.5, 0.6) is 0 Å². The monoisotopic (exact) mass is 169 g/mol. The molecule has 1 nitrogen and oxygen atoms in total. The highest BCUT2D eigenvalue weighted by molar-refractivity contribution is 6.30. The van der Waals surface area contributed by atoms with Crippen LogP contribution in [0.25, 0.3) is 0 Å². The van der Waals surface area contributed by atoms with Gasteiger partial charge in [0.25, 0.3) is 0 Å². The van der Waals surface area contributed by atoms with Crippen molar-refractivity contribution in [1.29, 1.82) is 0 Å². The van der Waals surface area contributed by atoms with Gasteiger partial charge in [-0.15, -0.1) is 0 Å². The van der Waals surface area contributed by atoms with E-state index in [1.807, 2.05) is 31.3 Å². The standard InChI is InChI=1S/C9H12ClN/c1-7(11-2)8-3-5-9(10)6-4-8/h3-7,11H,1-2H3/t7-/m0/s1. The Bertz CT molecular complexity index is 218. The van der Waals surface area contributed by atoms with Gasteiger partial charge < -0.3 is 5.32 Å². The van der Waals surface area contributed by atoms with Gasteiger partial charge in [-0.3, -0.25) is 0 Å². The van der Waals surface area contributed by atoms with Crippen molar-refractivity contribution in [2.24, 2.45) is 0 Å². The van der Waals surface area contributed by atoms with Crippen molar-refractivity contribution in [2.45, 2.75) is 13.0 Å². The fourth-order valence-corrected chi connectivity index (χ4v) is 1.04. The van der Waals surface area contributed by atoms with Gasteiger partial charge in [0, 0.05) is 11.1 Å². The molecule has 1 aromatic rings. The minimum Gasteiger partial charge on any atom is -0.313 e. The Morgan fingerprint density at radius 3 is 2.27 bits per heavy atom. The molecule has 0 spiro atoms. The average molecular weight is 170 g/mol. The molecule has 60 valence electrons. The summed E-state index contributed by atoms with van der Waals surface area (Å²) < 4.78 is 0. The zero-order chi connectivity index (χ0) is 8.27. The summed E-state index contributed by atoms with van der Waals surface area (Å²) in [6, 6.07) is 8.27. The number of benzene rings is 1. The molecule has 1 aromatic carbocycles. The Labute approximate surface area is 72.4 Å². The second kappa shape index (κ2) is 3.74. The number of hydrogen-bond acceptors (Lipinski definition) is 1. The van der Waals surface area contributed by atoms with Crippen LogP contribution in [-0.2, 0) is 0 Å². The van der Waals surface area contributed by atoms with Crippen molar-refractivity contribution in [1.82, 2.24) is 5.32 Å². The highest BCUT2D eigenvalue weighted by atomic mass is 35.5. The van der Waals surface area contributed by atoms with E-state index in [1.165, 1.54) is 5.56 Å². The van der Waals surface area contributed by atoms with Gasteiger partial charge in [0.15, 0.2) is 0 Å². The normalized spacial score (nSPS) is 13.0. The first-order valence-corrected chi connectivity index (χ1v) is 4.04. The fraction of sp³-hybridized carbons (Fsp3) is 0.333. The first kappa shape index (κ1) is 8.57. The van der Waals surface area contributed by atoms with E-state index in [0.29, 0.717) is 6.04 Å². The molecule has 2 heteroatoms. The molecule has 0 fully saturated rings. The molecule has 0 bridgehead atoms. The van der Waals surface area contributed by atoms with Gasteiger partial charge >= 0.3 is 0 Å². The van der Waals surface area contributed by atoms with E-state index < -0.39 is 0 Å². The molecule has 0 aromatic heterocycles. The predicted octanol–water partition coefficient (Wildman–Crippen LogP) is 2.62. The Morgan fingerprint density at radius 1 is 1.27 bits per heavy atom. The van der Waals surface area contributed by atoms with Gasteiger partial charge in [-0.1, -0.05) is 23.7 Å². The zero-order valence-corrected chi connectivity index (χ0v) is 7.52. The van der Waals surface area contributed by atoms with Crippen LogP contribution in [0.3, 0.4) is 0 Å². The molecule has 1 rings (SSSR count). The summed E-state index contributed by atoms with van der Waals surface area (Å²) in [4.78, 5) is 0. The number of halogens is 1. The summed E-state index contributed by atoms with van der Waals surface area (Å²) >= 11 is 5.74. The fourth-order valence-electron chi connectivity index (χ4n) is 0.918. The van der Waals surface area contributed by atoms with Gasteiger partial charge in [-0.25, -0.2) is 0 Å². The lowest BCUT2D eigenvalue weighted by molar-refractivity contribution is 0.652. The van der Waals surface area contributed by atoms with E-state index in [-0.39, 0.29) is 0 Å². The van der Waals surface area contributed by atoms with E-state index in [0.717, 1.165) is 5.02 Å². The van der Waals surface area contributed by atoms with Crippen LogP contribution in [0, 0.1) is 0 Å². The molecular formula is C9H12ClN. The summed E-state index contributed by atoms with van der Waals surface area (Å²) in [5, 5.41) is 3.95. The van der Waals surface area contributed by atoms with E-state index >= 15 is 0 Å².